The van der Waals surface area contributed by atoms with Crippen molar-refractivity contribution in [3.63, 3.8) is 0 Å². The quantitative estimate of drug-likeness (QED) is 0.635. The highest BCUT2D eigenvalue weighted by atomic mass is 19.4. The lowest BCUT2D eigenvalue weighted by molar-refractivity contribution is -0.142. The minimum absolute atomic E-state index is 0.298. The molecule has 0 spiro atoms. The largest absolute Gasteiger partial charge is 0.401 e. The molecule has 0 saturated carbocycles. The third-order valence-corrected chi connectivity index (χ3v) is 3.99. The lowest BCUT2D eigenvalue weighted by Crippen LogP contribution is -2.53. The SMILES string of the molecule is CN=C(NCCN(C)CC(F)(F)F)N1CCN(c2ccccn2)CC1. The van der Waals surface area contributed by atoms with Crippen molar-refractivity contribution in [2.24, 2.45) is 4.99 Å². The molecule has 0 amide bonds. The number of hydrogen-bond acceptors (Lipinski definition) is 4. The van der Waals surface area contributed by atoms with Gasteiger partial charge in [-0.2, -0.15) is 13.2 Å². The van der Waals surface area contributed by atoms with Crippen LogP contribution in [-0.4, -0.2) is 86.8 Å². The fourth-order valence-corrected chi connectivity index (χ4v) is 2.76. The maximum atomic E-state index is 12.3. The second-order valence-electron chi connectivity index (χ2n) is 5.99. The number of likely N-dealkylation sites (N-methyl/N-ethyl adjacent to an activating group) is 1. The van der Waals surface area contributed by atoms with Crippen LogP contribution >= 0.6 is 0 Å². The number of nitrogens with one attached hydrogen (secondary N) is 1. The molecule has 0 radical (unpaired) electrons. The van der Waals surface area contributed by atoms with Crippen molar-refractivity contribution >= 4 is 11.8 Å². The molecule has 1 fully saturated rings. The molecular weight excluding hydrogens is 333 g/mol. The van der Waals surface area contributed by atoms with Gasteiger partial charge in [0.2, 0.25) is 0 Å². The van der Waals surface area contributed by atoms with E-state index in [2.05, 4.69) is 25.1 Å². The lowest BCUT2D eigenvalue weighted by atomic mass is 10.3. The number of rotatable bonds is 5. The Kier molecular flexibility index (Phi) is 6.86. The third-order valence-electron chi connectivity index (χ3n) is 3.99. The summed E-state index contributed by atoms with van der Waals surface area (Å²) < 4.78 is 37.0. The highest BCUT2D eigenvalue weighted by Gasteiger charge is 2.29. The van der Waals surface area contributed by atoms with E-state index in [0.717, 1.165) is 38.0 Å². The van der Waals surface area contributed by atoms with Crippen molar-refractivity contribution in [2.75, 3.05) is 64.8 Å². The predicted octanol–water partition coefficient (Wildman–Crippen LogP) is 1.27. The second kappa shape index (κ2) is 8.89. The number of aromatic nitrogens is 1. The maximum absolute atomic E-state index is 12.3. The average molecular weight is 358 g/mol. The monoisotopic (exact) mass is 358 g/mol. The second-order valence-corrected chi connectivity index (χ2v) is 5.99. The molecule has 6 nitrogen and oxygen atoms in total. The number of anilines is 1. The van der Waals surface area contributed by atoms with Crippen LogP contribution in [0.15, 0.2) is 29.4 Å². The first-order chi connectivity index (χ1) is 11.9. The summed E-state index contributed by atoms with van der Waals surface area (Å²) in [5, 5.41) is 3.14. The summed E-state index contributed by atoms with van der Waals surface area (Å²) in [4.78, 5) is 14.2. The molecule has 2 rings (SSSR count). The Balaban J connectivity index is 1.75. The fourth-order valence-electron chi connectivity index (χ4n) is 2.76. The zero-order valence-corrected chi connectivity index (χ0v) is 14.6. The Morgan fingerprint density at radius 3 is 2.56 bits per heavy atom. The number of halogens is 3. The Morgan fingerprint density at radius 2 is 2.00 bits per heavy atom. The van der Waals surface area contributed by atoms with Crippen LogP contribution in [0.1, 0.15) is 0 Å². The highest BCUT2D eigenvalue weighted by molar-refractivity contribution is 5.80. The van der Waals surface area contributed by atoms with Gasteiger partial charge in [0.25, 0.3) is 0 Å². The number of alkyl halides is 3. The first kappa shape index (κ1) is 19.3. The first-order valence-electron chi connectivity index (χ1n) is 8.26. The zero-order chi connectivity index (χ0) is 18.3. The van der Waals surface area contributed by atoms with Gasteiger partial charge in [0.05, 0.1) is 6.54 Å². The van der Waals surface area contributed by atoms with Gasteiger partial charge in [-0.15, -0.1) is 0 Å². The Bertz CT molecular complexity index is 541. The predicted molar refractivity (Wildman–Crippen MR) is 92.9 cm³/mol. The van der Waals surface area contributed by atoms with Crippen LogP contribution < -0.4 is 10.2 Å². The van der Waals surface area contributed by atoms with Gasteiger partial charge in [0.15, 0.2) is 5.96 Å². The van der Waals surface area contributed by atoms with Crippen molar-refractivity contribution in [1.82, 2.24) is 20.1 Å². The highest BCUT2D eigenvalue weighted by Crippen LogP contribution is 2.15. The van der Waals surface area contributed by atoms with Crippen LogP contribution in [0.5, 0.6) is 0 Å². The summed E-state index contributed by atoms with van der Waals surface area (Å²) in [6, 6.07) is 5.84. The average Bonchev–Trinajstić information content (AvgIpc) is 2.58. The number of aliphatic imine (C=N–C) groups is 1. The number of guanidine groups is 1. The van der Waals surface area contributed by atoms with E-state index in [9.17, 15) is 13.2 Å². The van der Waals surface area contributed by atoms with E-state index in [4.69, 9.17) is 0 Å². The number of nitrogens with zero attached hydrogens (tertiary/aromatic N) is 5. The number of hydrogen-bond donors (Lipinski definition) is 1. The topological polar surface area (TPSA) is 47.0 Å². The molecule has 0 bridgehead atoms. The number of piperazine rings is 1. The van der Waals surface area contributed by atoms with Gasteiger partial charge < -0.3 is 15.1 Å². The molecule has 0 atom stereocenters. The van der Waals surface area contributed by atoms with Crippen LogP contribution in [0, 0.1) is 0 Å². The molecule has 0 aliphatic carbocycles. The van der Waals surface area contributed by atoms with Gasteiger partial charge in [0.1, 0.15) is 5.82 Å². The number of pyridine rings is 1. The molecule has 1 aromatic rings. The molecule has 1 aliphatic rings. The van der Waals surface area contributed by atoms with Crippen LogP contribution in [0.4, 0.5) is 19.0 Å². The van der Waals surface area contributed by atoms with Gasteiger partial charge in [0, 0.05) is 52.5 Å². The molecule has 1 aromatic heterocycles. The lowest BCUT2D eigenvalue weighted by Gasteiger charge is -2.37. The van der Waals surface area contributed by atoms with Crippen LogP contribution in [0.2, 0.25) is 0 Å². The van der Waals surface area contributed by atoms with E-state index in [1.54, 1.807) is 13.2 Å². The van der Waals surface area contributed by atoms with Crippen LogP contribution in [0.3, 0.4) is 0 Å². The van der Waals surface area contributed by atoms with Crippen molar-refractivity contribution in [3.8, 4) is 0 Å². The Labute approximate surface area is 146 Å². The molecular formula is C16H25F3N6. The minimum Gasteiger partial charge on any atom is -0.355 e. The minimum atomic E-state index is -4.17. The van der Waals surface area contributed by atoms with Crippen molar-refractivity contribution < 1.29 is 13.2 Å². The van der Waals surface area contributed by atoms with E-state index in [1.165, 1.54) is 11.9 Å². The van der Waals surface area contributed by atoms with Crippen molar-refractivity contribution in [3.05, 3.63) is 24.4 Å². The van der Waals surface area contributed by atoms with Crippen LogP contribution in [-0.2, 0) is 0 Å². The van der Waals surface area contributed by atoms with Crippen molar-refractivity contribution in [2.45, 2.75) is 6.18 Å². The molecule has 0 unspecified atom stereocenters. The zero-order valence-electron chi connectivity index (χ0n) is 14.6. The van der Waals surface area contributed by atoms with E-state index >= 15 is 0 Å². The molecule has 25 heavy (non-hydrogen) atoms. The summed E-state index contributed by atoms with van der Waals surface area (Å²) in [7, 11) is 3.15. The summed E-state index contributed by atoms with van der Waals surface area (Å²) >= 11 is 0. The molecule has 140 valence electrons. The summed E-state index contributed by atoms with van der Waals surface area (Å²) in [6.07, 6.45) is -2.39. The van der Waals surface area contributed by atoms with Gasteiger partial charge >= 0.3 is 6.18 Å². The van der Waals surface area contributed by atoms with Gasteiger partial charge in [-0.05, 0) is 19.2 Å². The molecule has 2 heterocycles. The third kappa shape index (κ3) is 6.41. The molecule has 1 N–H and O–H groups in total. The maximum Gasteiger partial charge on any atom is 0.401 e. The fraction of sp³-hybridized carbons (Fsp3) is 0.625. The van der Waals surface area contributed by atoms with E-state index in [0.29, 0.717) is 13.1 Å². The summed E-state index contributed by atoms with van der Waals surface area (Å²) in [5.74, 6) is 1.68. The normalized spacial score (nSPS) is 16.5. The van der Waals surface area contributed by atoms with E-state index in [1.807, 2.05) is 18.2 Å². The van der Waals surface area contributed by atoms with Crippen LogP contribution in [0.25, 0.3) is 0 Å². The van der Waals surface area contributed by atoms with E-state index < -0.39 is 12.7 Å². The summed E-state index contributed by atoms with van der Waals surface area (Å²) in [6.45, 7) is 3.03. The first-order valence-corrected chi connectivity index (χ1v) is 8.26. The Hall–Kier alpha value is -2.03. The van der Waals surface area contributed by atoms with Gasteiger partial charge in [-0.3, -0.25) is 9.89 Å². The molecule has 0 aromatic carbocycles. The van der Waals surface area contributed by atoms with Gasteiger partial charge in [-0.1, -0.05) is 6.07 Å². The van der Waals surface area contributed by atoms with E-state index in [-0.39, 0.29) is 0 Å². The molecule has 1 saturated heterocycles. The van der Waals surface area contributed by atoms with Crippen molar-refractivity contribution in [1.29, 1.82) is 0 Å². The summed E-state index contributed by atoms with van der Waals surface area (Å²) in [5.41, 5.74) is 0. The molecule has 9 heteroatoms. The smallest absolute Gasteiger partial charge is 0.355 e. The Morgan fingerprint density at radius 1 is 1.28 bits per heavy atom. The van der Waals surface area contributed by atoms with Gasteiger partial charge in [-0.25, -0.2) is 4.98 Å². The standard InChI is InChI=1S/C16H25F3N6/c1-20-15(22-7-8-23(2)13-16(17,18)19)25-11-9-24(10-12-25)14-5-3-4-6-21-14/h3-6H,7-13H2,1-2H3,(H,20,22). The molecule has 1 aliphatic heterocycles.